The minimum absolute atomic E-state index is 0.00302. The normalized spacial score (nSPS) is 12.9. The number of nitrogens with one attached hydrogen (secondary N) is 2. The number of hydrogen-bond donors (Lipinski definition) is 4. The summed E-state index contributed by atoms with van der Waals surface area (Å²) < 4.78 is 73.0. The van der Waals surface area contributed by atoms with E-state index in [1.54, 1.807) is 43.4 Å². The van der Waals surface area contributed by atoms with Gasteiger partial charge >= 0.3 is 11.9 Å². The number of carbonyl (C=O) groups is 4. The number of pyridine rings is 4. The van der Waals surface area contributed by atoms with E-state index in [4.69, 9.17) is 23.1 Å². The van der Waals surface area contributed by atoms with Crippen molar-refractivity contribution in [3.05, 3.63) is 174 Å². The highest BCUT2D eigenvalue weighted by Gasteiger charge is 2.33. The Morgan fingerprint density at radius 2 is 1.27 bits per heavy atom. The van der Waals surface area contributed by atoms with Crippen LogP contribution in [-0.4, -0.2) is 73.2 Å². The summed E-state index contributed by atoms with van der Waals surface area (Å²) in [4.78, 5) is 85.4. The summed E-state index contributed by atoms with van der Waals surface area (Å²) in [6.07, 6.45) is 5.19. The maximum Gasteiger partial charge on any atom is 0.373 e. The first kappa shape index (κ1) is 43.4. The van der Waals surface area contributed by atoms with Gasteiger partial charge < -0.3 is 39.8 Å². The number of carboxylic acid groups (broad SMARTS) is 1. The third-order valence-corrected chi connectivity index (χ3v) is 10.8. The Hall–Kier alpha value is -9.20. The lowest BCUT2D eigenvalue weighted by Crippen LogP contribution is -2.34. The van der Waals surface area contributed by atoms with Gasteiger partial charge in [-0.05, 0) is 54.8 Å². The number of halogens is 2. The molecular weight excluding hydrogens is 915 g/mol. The molecule has 0 saturated heterocycles. The molecule has 2 aliphatic rings. The third-order valence-electron chi connectivity index (χ3n) is 10.8. The largest absolute Gasteiger partial charge is 0.505 e. The van der Waals surface area contributed by atoms with Gasteiger partial charge in [-0.2, -0.15) is 0 Å². The fraction of sp³-hybridized carbons (Fsp3) is 0.160. The molecule has 4 aromatic heterocycles. The van der Waals surface area contributed by atoms with Crippen molar-refractivity contribution in [3.8, 4) is 23.0 Å². The molecule has 0 fully saturated rings. The number of aromatic nitrogens is 4. The molecule has 0 atom stereocenters. The quantitative estimate of drug-likeness (QED) is 0.102. The number of carbonyl (C=O) groups excluding carboxylic acids is 3. The fourth-order valence-electron chi connectivity index (χ4n) is 7.56. The number of rotatable bonds is 13. The molecule has 70 heavy (non-hydrogen) atoms. The first-order chi connectivity index (χ1) is 34.9. The predicted octanol–water partition coefficient (Wildman–Crippen LogP) is 5.68. The summed E-state index contributed by atoms with van der Waals surface area (Å²) in [6, 6.07) is 20.5. The second kappa shape index (κ2) is 20.0. The van der Waals surface area contributed by atoms with Gasteiger partial charge in [0.2, 0.25) is 11.5 Å². The van der Waals surface area contributed by atoms with Gasteiger partial charge in [-0.25, -0.2) is 18.4 Å². The van der Waals surface area contributed by atoms with Crippen LogP contribution < -0.4 is 36.0 Å². The lowest BCUT2D eigenvalue weighted by Gasteiger charge is -2.23. The van der Waals surface area contributed by atoms with E-state index in [9.17, 15) is 47.8 Å². The van der Waals surface area contributed by atoms with E-state index in [-0.39, 0.29) is 77.7 Å². The van der Waals surface area contributed by atoms with Crippen molar-refractivity contribution in [1.82, 2.24) is 29.7 Å². The van der Waals surface area contributed by atoms with Crippen molar-refractivity contribution in [2.75, 3.05) is 20.1 Å². The van der Waals surface area contributed by atoms with Crippen molar-refractivity contribution in [2.24, 2.45) is 0 Å². The molecule has 7 aromatic rings. The predicted molar refractivity (Wildman–Crippen MR) is 248 cm³/mol. The van der Waals surface area contributed by atoms with Crippen LogP contribution in [0.1, 0.15) is 66.5 Å². The highest BCUT2D eigenvalue weighted by atomic mass is 19.1. The topological polar surface area (TPSA) is 240 Å². The number of benzene rings is 3. The number of likely N-dealkylation sites (N-methyl/N-ethyl adjacent to an activating group) is 1. The van der Waals surface area contributed by atoms with Gasteiger partial charge in [0.1, 0.15) is 45.9 Å². The second-order valence-corrected chi connectivity index (χ2v) is 15.3. The van der Waals surface area contributed by atoms with Crippen molar-refractivity contribution < 1.29 is 61.2 Å². The summed E-state index contributed by atoms with van der Waals surface area (Å²) in [5, 5.41) is 24.6. The summed E-state index contributed by atoms with van der Waals surface area (Å²) in [7, 11) is 0. The maximum absolute atomic E-state index is 13.6. The Morgan fingerprint density at radius 1 is 0.729 bits per heavy atom. The lowest BCUT2D eigenvalue weighted by molar-refractivity contribution is -0.135. The first-order valence-electron chi connectivity index (χ1n) is 22.7. The molecule has 0 radical (unpaired) electrons. The van der Waals surface area contributed by atoms with Crippen LogP contribution in [0.3, 0.4) is 0 Å². The van der Waals surface area contributed by atoms with Crippen LogP contribution >= 0.6 is 0 Å². The summed E-state index contributed by atoms with van der Waals surface area (Å²) in [5.74, 6) is -6.81. The van der Waals surface area contributed by atoms with E-state index in [0.29, 0.717) is 22.3 Å². The zero-order valence-corrected chi connectivity index (χ0v) is 36.9. The summed E-state index contributed by atoms with van der Waals surface area (Å²) >= 11 is 0. The Kier molecular flexibility index (Phi) is 12.4. The molecule has 9 rings (SSSR count). The third kappa shape index (κ3) is 9.24. The van der Waals surface area contributed by atoms with Gasteiger partial charge in [0.05, 0.1) is 19.0 Å². The van der Waals surface area contributed by atoms with Crippen LogP contribution in [0, 0.1) is 11.6 Å². The lowest BCUT2D eigenvalue weighted by atomic mass is 10.0. The van der Waals surface area contributed by atoms with E-state index in [2.05, 4.69) is 15.3 Å². The molecular formula is C50H40F2N6O12. The molecule has 0 saturated carbocycles. The molecule has 2 aliphatic heterocycles. The molecule has 18 nitrogen and oxygen atoms in total. The van der Waals surface area contributed by atoms with Crippen LogP contribution in [0.25, 0.3) is 34.5 Å². The number of esters is 1. The van der Waals surface area contributed by atoms with Crippen LogP contribution in [0.5, 0.6) is 23.0 Å². The molecule has 2 amide bonds. The summed E-state index contributed by atoms with van der Waals surface area (Å²) in [6.45, 7) is 0.647. The molecule has 6 heterocycles. The van der Waals surface area contributed by atoms with Crippen molar-refractivity contribution >= 4 is 58.2 Å². The van der Waals surface area contributed by atoms with Gasteiger partial charge in [0, 0.05) is 54.0 Å². The average molecular weight is 958 g/mol. The zero-order chi connectivity index (χ0) is 52.3. The molecule has 0 aliphatic carbocycles. The SMILES string of the molecule is CCOC(=O)c1c(OCc2ccccc2)c2ncc(Cc3ccc(F)cc3)c3c2n(c1=O)C=C(C(=O)O)O3.[2H]C([2H])([2H])NC(=O)c1c(O)c2ncc(Cc3ccc(F)cc3)c3c2n(c1=O)C=C(C(=O)NCC)O3. The molecule has 0 spiro atoms. The van der Waals surface area contributed by atoms with E-state index >= 15 is 0 Å². The minimum atomic E-state index is -2.92. The minimum Gasteiger partial charge on any atom is -0.505 e. The average Bonchev–Trinajstić information content (AvgIpc) is 3.35. The van der Waals surface area contributed by atoms with E-state index in [1.165, 1.54) is 36.7 Å². The number of nitrogens with zero attached hydrogens (tertiary/aromatic N) is 4. The number of ether oxygens (including phenoxy) is 4. The summed E-state index contributed by atoms with van der Waals surface area (Å²) in [5.41, 5.74) is -0.170. The van der Waals surface area contributed by atoms with Gasteiger partial charge in [-0.15, -0.1) is 0 Å². The van der Waals surface area contributed by atoms with E-state index < -0.39 is 76.1 Å². The molecule has 20 heteroatoms. The molecule has 4 N–H and O–H groups in total. The Labute approximate surface area is 398 Å². The maximum atomic E-state index is 13.6. The van der Waals surface area contributed by atoms with Crippen LogP contribution in [0.2, 0.25) is 0 Å². The first-order valence-corrected chi connectivity index (χ1v) is 21.2. The van der Waals surface area contributed by atoms with E-state index in [0.717, 1.165) is 27.1 Å². The smallest absolute Gasteiger partial charge is 0.373 e. The van der Waals surface area contributed by atoms with Crippen LogP contribution in [0.15, 0.2) is 112 Å². The molecule has 0 bridgehead atoms. The van der Waals surface area contributed by atoms with Gasteiger partial charge in [0.25, 0.3) is 22.9 Å². The second-order valence-electron chi connectivity index (χ2n) is 15.3. The highest BCUT2D eigenvalue weighted by molar-refractivity contribution is 6.05. The monoisotopic (exact) mass is 957 g/mol. The van der Waals surface area contributed by atoms with Crippen LogP contribution in [0.4, 0.5) is 8.78 Å². The molecule has 0 unspecified atom stereocenters. The standard InChI is InChI=1S/C28H21FN2O7.C22H19FN4O5/c1-2-36-28(35)21-25(37-15-17-6-4-3-5-7-17)22-23-24(38-20(27(33)34)14-31(23)26(21)32)18(13-30-22)12-16-8-10-19(29)11-9-16;1-3-25-20(29)14-10-27-17-16(18(28)15(22(27)31)21(30)24-2)26-9-12(19(17)32-14)8-11-4-6-13(23)7-5-11/h3-11,13-14H,2,12,15H2,1H3,(H,33,34);4-7,9-10,28H,3,8H2,1-2H3,(H,24,30)(H,25,29)/i;2D3. The van der Waals surface area contributed by atoms with Crippen LogP contribution in [-0.2, 0) is 33.8 Å². The van der Waals surface area contributed by atoms with Crippen molar-refractivity contribution in [3.63, 3.8) is 0 Å². The fourth-order valence-corrected chi connectivity index (χ4v) is 7.56. The molecule has 3 aromatic carbocycles. The zero-order valence-electron chi connectivity index (χ0n) is 39.9. The Morgan fingerprint density at radius 3 is 1.83 bits per heavy atom. The highest BCUT2D eigenvalue weighted by Crippen LogP contribution is 2.40. The number of carboxylic acids is 1. The number of hydrogen-bond acceptors (Lipinski definition) is 13. The van der Waals surface area contributed by atoms with Crippen molar-refractivity contribution in [2.45, 2.75) is 33.3 Å². The van der Waals surface area contributed by atoms with Gasteiger partial charge in [-0.3, -0.25) is 38.3 Å². The Bertz CT molecular complexity index is 3570. The van der Waals surface area contributed by atoms with E-state index in [1.807, 2.05) is 30.3 Å². The number of aliphatic carboxylic acids is 1. The molecule has 356 valence electrons. The van der Waals surface area contributed by atoms with Gasteiger partial charge in [-0.1, -0.05) is 54.6 Å². The number of amides is 2. The van der Waals surface area contributed by atoms with Crippen molar-refractivity contribution in [1.29, 1.82) is 0 Å². The Balaban J connectivity index is 0.000000196. The van der Waals surface area contributed by atoms with Gasteiger partial charge in [0.15, 0.2) is 28.6 Å². The number of aromatic hydroxyl groups is 1.